The van der Waals surface area contributed by atoms with Crippen molar-refractivity contribution < 1.29 is 19.4 Å². The molecule has 1 saturated heterocycles. The van der Waals surface area contributed by atoms with Crippen LogP contribution in [-0.2, 0) is 20.7 Å². The maximum Gasteiger partial charge on any atom is 0.329 e. The van der Waals surface area contributed by atoms with E-state index in [4.69, 9.17) is 4.74 Å². The van der Waals surface area contributed by atoms with Crippen molar-refractivity contribution in [2.45, 2.75) is 31.7 Å². The standard InChI is InChI=1S/C15H18BrNO4/c1-10-8-12(16)3-2-11(10)9-13(18)17-15(14(19)20)4-6-21-7-5-15/h2-3,8H,4-7,9H2,1H3,(H,17,18)(H,19,20). The Morgan fingerprint density at radius 3 is 2.62 bits per heavy atom. The number of ether oxygens (including phenoxy) is 1. The highest BCUT2D eigenvalue weighted by Gasteiger charge is 2.41. The van der Waals surface area contributed by atoms with Crippen LogP contribution in [0.2, 0.25) is 0 Å². The van der Waals surface area contributed by atoms with E-state index in [1.54, 1.807) is 0 Å². The van der Waals surface area contributed by atoms with Crippen LogP contribution in [0.3, 0.4) is 0 Å². The number of hydrogen-bond acceptors (Lipinski definition) is 3. The molecule has 0 aromatic heterocycles. The van der Waals surface area contributed by atoms with Gasteiger partial charge in [0.2, 0.25) is 5.91 Å². The molecule has 1 fully saturated rings. The summed E-state index contributed by atoms with van der Waals surface area (Å²) in [4.78, 5) is 23.7. The number of nitrogens with one attached hydrogen (secondary N) is 1. The number of carboxylic acid groups (broad SMARTS) is 1. The summed E-state index contributed by atoms with van der Waals surface area (Å²) in [5.74, 6) is -1.27. The fourth-order valence-corrected chi connectivity index (χ4v) is 2.93. The molecule has 1 aliphatic heterocycles. The van der Waals surface area contributed by atoms with Gasteiger partial charge in [-0.25, -0.2) is 4.79 Å². The van der Waals surface area contributed by atoms with Gasteiger partial charge in [0.05, 0.1) is 6.42 Å². The number of halogens is 1. The molecule has 0 bridgehead atoms. The number of benzene rings is 1. The predicted molar refractivity (Wildman–Crippen MR) is 81.1 cm³/mol. The lowest BCUT2D eigenvalue weighted by atomic mass is 9.89. The molecule has 1 heterocycles. The van der Waals surface area contributed by atoms with E-state index in [-0.39, 0.29) is 12.3 Å². The molecule has 1 aromatic carbocycles. The van der Waals surface area contributed by atoms with Gasteiger partial charge in [0.25, 0.3) is 0 Å². The molecule has 1 aliphatic rings. The summed E-state index contributed by atoms with van der Waals surface area (Å²) in [5.41, 5.74) is 0.692. The Hall–Kier alpha value is -1.40. The quantitative estimate of drug-likeness (QED) is 0.866. The maximum atomic E-state index is 12.2. The van der Waals surface area contributed by atoms with Crippen molar-refractivity contribution in [2.24, 2.45) is 0 Å². The van der Waals surface area contributed by atoms with Gasteiger partial charge in [0.1, 0.15) is 5.54 Å². The zero-order valence-electron chi connectivity index (χ0n) is 11.8. The first-order chi connectivity index (χ1) is 9.93. The second kappa shape index (κ2) is 6.58. The fourth-order valence-electron chi connectivity index (χ4n) is 2.45. The SMILES string of the molecule is Cc1cc(Br)ccc1CC(=O)NC1(C(=O)O)CCOCC1. The van der Waals surface area contributed by atoms with E-state index >= 15 is 0 Å². The van der Waals surface area contributed by atoms with Crippen molar-refractivity contribution in [1.29, 1.82) is 0 Å². The van der Waals surface area contributed by atoms with Crippen molar-refractivity contribution in [1.82, 2.24) is 5.32 Å². The number of aliphatic carboxylic acids is 1. The lowest BCUT2D eigenvalue weighted by molar-refractivity contribution is -0.152. The van der Waals surface area contributed by atoms with Crippen LogP contribution in [0.4, 0.5) is 0 Å². The minimum Gasteiger partial charge on any atom is -0.480 e. The third kappa shape index (κ3) is 3.83. The van der Waals surface area contributed by atoms with Gasteiger partial charge < -0.3 is 15.2 Å². The topological polar surface area (TPSA) is 75.6 Å². The van der Waals surface area contributed by atoms with Crippen molar-refractivity contribution in [3.8, 4) is 0 Å². The van der Waals surface area contributed by atoms with E-state index in [1.165, 1.54) is 0 Å². The monoisotopic (exact) mass is 355 g/mol. The molecule has 2 rings (SSSR count). The Kier molecular flexibility index (Phi) is 5.00. The number of carbonyl (C=O) groups is 2. The third-order valence-electron chi connectivity index (χ3n) is 3.79. The van der Waals surface area contributed by atoms with Gasteiger partial charge >= 0.3 is 5.97 Å². The van der Waals surface area contributed by atoms with Crippen LogP contribution in [0.15, 0.2) is 22.7 Å². The van der Waals surface area contributed by atoms with Crippen molar-refractivity contribution in [3.05, 3.63) is 33.8 Å². The predicted octanol–water partition coefficient (Wildman–Crippen LogP) is 2.05. The van der Waals surface area contributed by atoms with Gasteiger partial charge in [0.15, 0.2) is 0 Å². The van der Waals surface area contributed by atoms with E-state index in [0.717, 1.165) is 15.6 Å². The minimum atomic E-state index is -1.20. The first-order valence-electron chi connectivity index (χ1n) is 6.80. The maximum absolute atomic E-state index is 12.2. The molecule has 6 heteroatoms. The number of carboxylic acids is 1. The molecule has 0 radical (unpaired) electrons. The Balaban J connectivity index is 2.07. The molecule has 1 aromatic rings. The van der Waals surface area contributed by atoms with Crippen molar-refractivity contribution >= 4 is 27.8 Å². The normalized spacial score (nSPS) is 17.2. The number of amides is 1. The van der Waals surface area contributed by atoms with Gasteiger partial charge in [-0.3, -0.25) is 4.79 Å². The zero-order chi connectivity index (χ0) is 15.5. The third-order valence-corrected chi connectivity index (χ3v) is 4.28. The molecule has 2 N–H and O–H groups in total. The number of carbonyl (C=O) groups excluding carboxylic acids is 1. The van der Waals surface area contributed by atoms with Crippen LogP contribution >= 0.6 is 15.9 Å². The number of aryl methyl sites for hydroxylation is 1. The highest BCUT2D eigenvalue weighted by molar-refractivity contribution is 9.10. The van der Waals surface area contributed by atoms with E-state index < -0.39 is 11.5 Å². The summed E-state index contributed by atoms with van der Waals surface area (Å²) in [6.45, 7) is 2.63. The lowest BCUT2D eigenvalue weighted by Gasteiger charge is -2.33. The Morgan fingerprint density at radius 2 is 2.05 bits per heavy atom. The molecular weight excluding hydrogens is 338 g/mol. The van der Waals surface area contributed by atoms with Crippen LogP contribution in [0, 0.1) is 6.92 Å². The molecule has 114 valence electrons. The Bertz CT molecular complexity index is 553. The molecule has 0 atom stereocenters. The zero-order valence-corrected chi connectivity index (χ0v) is 13.4. The van der Waals surface area contributed by atoms with Crippen LogP contribution in [0.25, 0.3) is 0 Å². The van der Waals surface area contributed by atoms with Crippen molar-refractivity contribution in [3.63, 3.8) is 0 Å². The van der Waals surface area contributed by atoms with Gasteiger partial charge in [-0.05, 0) is 30.2 Å². The molecule has 1 amide bonds. The summed E-state index contributed by atoms with van der Waals surface area (Å²) < 4.78 is 6.14. The smallest absolute Gasteiger partial charge is 0.329 e. The largest absolute Gasteiger partial charge is 0.480 e. The first-order valence-corrected chi connectivity index (χ1v) is 7.59. The second-order valence-electron chi connectivity index (χ2n) is 5.30. The number of hydrogen-bond donors (Lipinski definition) is 2. The van der Waals surface area contributed by atoms with Crippen LogP contribution < -0.4 is 5.32 Å². The summed E-state index contributed by atoms with van der Waals surface area (Å²) in [5, 5.41) is 12.1. The molecule has 0 aliphatic carbocycles. The second-order valence-corrected chi connectivity index (χ2v) is 6.21. The Labute approximate surface area is 131 Å². The summed E-state index contributed by atoms with van der Waals surface area (Å²) in [6.07, 6.45) is 0.774. The van der Waals surface area contributed by atoms with E-state index in [0.29, 0.717) is 26.1 Å². The highest BCUT2D eigenvalue weighted by Crippen LogP contribution is 2.22. The first kappa shape index (κ1) is 16.0. The summed E-state index contributed by atoms with van der Waals surface area (Å²) >= 11 is 3.38. The average molecular weight is 356 g/mol. The molecule has 21 heavy (non-hydrogen) atoms. The minimum absolute atomic E-state index is 0.176. The number of rotatable bonds is 4. The van der Waals surface area contributed by atoms with Gasteiger partial charge in [-0.1, -0.05) is 22.0 Å². The van der Waals surface area contributed by atoms with E-state index in [2.05, 4.69) is 21.2 Å². The van der Waals surface area contributed by atoms with E-state index in [9.17, 15) is 14.7 Å². The van der Waals surface area contributed by atoms with E-state index in [1.807, 2.05) is 25.1 Å². The van der Waals surface area contributed by atoms with Crippen molar-refractivity contribution in [2.75, 3.05) is 13.2 Å². The van der Waals surface area contributed by atoms with Gasteiger partial charge in [0, 0.05) is 30.5 Å². The summed E-state index contributed by atoms with van der Waals surface area (Å²) in [6, 6.07) is 5.68. The molecular formula is C15H18BrNO4. The van der Waals surface area contributed by atoms with Gasteiger partial charge in [-0.2, -0.15) is 0 Å². The lowest BCUT2D eigenvalue weighted by Crippen LogP contribution is -2.57. The highest BCUT2D eigenvalue weighted by atomic mass is 79.9. The average Bonchev–Trinajstić information content (AvgIpc) is 2.43. The molecule has 0 unspecified atom stereocenters. The Morgan fingerprint density at radius 1 is 1.38 bits per heavy atom. The molecule has 0 spiro atoms. The molecule has 0 saturated carbocycles. The fraction of sp³-hybridized carbons (Fsp3) is 0.467. The summed E-state index contributed by atoms with van der Waals surface area (Å²) in [7, 11) is 0. The van der Waals surface area contributed by atoms with Gasteiger partial charge in [-0.15, -0.1) is 0 Å². The van der Waals surface area contributed by atoms with Crippen LogP contribution in [0.1, 0.15) is 24.0 Å². The molecule has 5 nitrogen and oxygen atoms in total. The van der Waals surface area contributed by atoms with Crippen LogP contribution in [-0.4, -0.2) is 35.7 Å². The van der Waals surface area contributed by atoms with Crippen LogP contribution in [0.5, 0.6) is 0 Å².